The first-order chi connectivity index (χ1) is 14.1. The maximum atomic E-state index is 5.84. The molecule has 0 saturated carbocycles. The molecule has 29 heavy (non-hydrogen) atoms. The number of benzene rings is 1. The summed E-state index contributed by atoms with van der Waals surface area (Å²) >= 11 is 5.69. The number of nitrogens with one attached hydrogen (secondary N) is 1. The average molecular weight is 421 g/mol. The normalized spacial score (nSPS) is 15.8. The van der Waals surface area contributed by atoms with Crippen molar-refractivity contribution in [1.29, 1.82) is 0 Å². The predicted octanol–water partition coefficient (Wildman–Crippen LogP) is 3.36. The van der Waals surface area contributed by atoms with Gasteiger partial charge in [0.2, 0.25) is 0 Å². The van der Waals surface area contributed by atoms with Gasteiger partial charge in [-0.3, -0.25) is 0 Å². The monoisotopic (exact) mass is 420 g/mol. The molecule has 1 atom stereocenters. The average Bonchev–Trinajstić information content (AvgIpc) is 3.45. The van der Waals surface area contributed by atoms with Crippen molar-refractivity contribution in [3.8, 4) is 17.2 Å². The third-order valence-electron chi connectivity index (χ3n) is 4.88. The number of nitrogens with zero attached hydrogens (tertiary/aromatic N) is 1. The zero-order valence-electron chi connectivity index (χ0n) is 17.1. The SMILES string of the molecule is COc1cc(OC)c(OC)cc1CN(C[C@@H]1CCCO1)C(=S)NCc1ccco1. The van der Waals surface area contributed by atoms with E-state index in [1.165, 1.54) is 0 Å². The Morgan fingerprint density at radius 1 is 1.17 bits per heavy atom. The molecule has 0 unspecified atom stereocenters. The molecule has 1 fully saturated rings. The van der Waals surface area contributed by atoms with E-state index in [-0.39, 0.29) is 6.10 Å². The fourth-order valence-corrected chi connectivity index (χ4v) is 3.57. The van der Waals surface area contributed by atoms with Gasteiger partial charge in [-0.2, -0.15) is 0 Å². The van der Waals surface area contributed by atoms with Gasteiger partial charge in [0.05, 0.1) is 40.2 Å². The Labute approximate surface area is 176 Å². The molecule has 8 heteroatoms. The highest BCUT2D eigenvalue weighted by Crippen LogP contribution is 2.35. The fourth-order valence-electron chi connectivity index (χ4n) is 3.36. The Kier molecular flexibility index (Phi) is 7.60. The molecule has 0 spiro atoms. The number of thiocarbonyl (C=S) groups is 1. The maximum Gasteiger partial charge on any atom is 0.169 e. The Morgan fingerprint density at radius 2 is 1.93 bits per heavy atom. The van der Waals surface area contributed by atoms with Crippen molar-refractivity contribution in [2.24, 2.45) is 0 Å². The van der Waals surface area contributed by atoms with Crippen molar-refractivity contribution in [2.45, 2.75) is 32.0 Å². The van der Waals surface area contributed by atoms with Crippen molar-refractivity contribution in [3.05, 3.63) is 41.9 Å². The number of rotatable bonds is 9. The van der Waals surface area contributed by atoms with Crippen LogP contribution in [0.3, 0.4) is 0 Å². The van der Waals surface area contributed by atoms with Gasteiger partial charge in [0.15, 0.2) is 16.6 Å². The van der Waals surface area contributed by atoms with Gasteiger partial charge in [-0.15, -0.1) is 0 Å². The zero-order chi connectivity index (χ0) is 20.6. The minimum absolute atomic E-state index is 0.157. The third kappa shape index (κ3) is 5.55. The fraction of sp³-hybridized carbons (Fsp3) is 0.476. The largest absolute Gasteiger partial charge is 0.496 e. The molecule has 1 aromatic carbocycles. The highest BCUT2D eigenvalue weighted by molar-refractivity contribution is 7.80. The molecule has 0 radical (unpaired) electrons. The highest BCUT2D eigenvalue weighted by atomic mass is 32.1. The molecule has 1 aliphatic heterocycles. The first-order valence-electron chi connectivity index (χ1n) is 9.60. The van der Waals surface area contributed by atoms with Gasteiger partial charge in [-0.25, -0.2) is 0 Å². The van der Waals surface area contributed by atoms with E-state index in [2.05, 4.69) is 10.2 Å². The molecule has 1 N–H and O–H groups in total. The van der Waals surface area contributed by atoms with E-state index in [4.69, 9.17) is 35.6 Å². The molecule has 0 amide bonds. The van der Waals surface area contributed by atoms with Gasteiger partial charge in [0.25, 0.3) is 0 Å². The summed E-state index contributed by atoms with van der Waals surface area (Å²) in [6.45, 7) is 2.57. The van der Waals surface area contributed by atoms with Gasteiger partial charge >= 0.3 is 0 Å². The summed E-state index contributed by atoms with van der Waals surface area (Å²) in [6.07, 6.45) is 3.91. The lowest BCUT2D eigenvalue weighted by atomic mass is 10.1. The lowest BCUT2D eigenvalue weighted by molar-refractivity contribution is 0.0895. The summed E-state index contributed by atoms with van der Waals surface area (Å²) in [5.74, 6) is 2.81. The highest BCUT2D eigenvalue weighted by Gasteiger charge is 2.23. The maximum absolute atomic E-state index is 5.84. The first kappa shape index (κ1) is 21.3. The second-order valence-electron chi connectivity index (χ2n) is 6.77. The van der Waals surface area contributed by atoms with Crippen LogP contribution in [0, 0.1) is 0 Å². The smallest absolute Gasteiger partial charge is 0.169 e. The molecule has 3 rings (SSSR count). The second kappa shape index (κ2) is 10.4. The Morgan fingerprint density at radius 3 is 2.55 bits per heavy atom. The van der Waals surface area contributed by atoms with Crippen molar-refractivity contribution in [3.63, 3.8) is 0 Å². The number of furan rings is 1. The summed E-state index contributed by atoms with van der Waals surface area (Å²) < 4.78 is 27.7. The lowest BCUT2D eigenvalue weighted by Crippen LogP contribution is -2.42. The van der Waals surface area contributed by atoms with Gasteiger partial charge in [-0.05, 0) is 43.3 Å². The van der Waals surface area contributed by atoms with Crippen LogP contribution in [0.1, 0.15) is 24.2 Å². The van der Waals surface area contributed by atoms with Crippen LogP contribution in [-0.4, -0.2) is 50.6 Å². The van der Waals surface area contributed by atoms with Crippen LogP contribution in [0.25, 0.3) is 0 Å². The van der Waals surface area contributed by atoms with E-state index in [9.17, 15) is 0 Å². The van der Waals surface area contributed by atoms with Gasteiger partial charge in [-0.1, -0.05) is 0 Å². The van der Waals surface area contributed by atoms with Gasteiger partial charge in [0.1, 0.15) is 11.5 Å². The molecule has 7 nitrogen and oxygen atoms in total. The van der Waals surface area contributed by atoms with Crippen LogP contribution in [0.2, 0.25) is 0 Å². The van der Waals surface area contributed by atoms with Crippen LogP contribution in [0.15, 0.2) is 34.9 Å². The summed E-state index contributed by atoms with van der Waals surface area (Å²) in [5.41, 5.74) is 0.949. The van der Waals surface area contributed by atoms with Crippen LogP contribution >= 0.6 is 12.2 Å². The van der Waals surface area contributed by atoms with E-state index < -0.39 is 0 Å². The molecule has 1 saturated heterocycles. The zero-order valence-corrected chi connectivity index (χ0v) is 17.9. The molecule has 158 valence electrons. The molecule has 0 aliphatic carbocycles. The van der Waals surface area contributed by atoms with Gasteiger partial charge in [0, 0.05) is 31.3 Å². The topological polar surface area (TPSA) is 65.3 Å². The Hall–Kier alpha value is -2.45. The van der Waals surface area contributed by atoms with E-state index >= 15 is 0 Å². The molecular weight excluding hydrogens is 392 g/mol. The van der Waals surface area contributed by atoms with E-state index in [0.29, 0.717) is 42.0 Å². The minimum Gasteiger partial charge on any atom is -0.496 e. The number of hydrogen-bond donors (Lipinski definition) is 1. The quantitative estimate of drug-likeness (QED) is 0.620. The second-order valence-corrected chi connectivity index (χ2v) is 7.16. The molecule has 2 heterocycles. The third-order valence-corrected chi connectivity index (χ3v) is 5.28. The van der Waals surface area contributed by atoms with Crippen molar-refractivity contribution in [1.82, 2.24) is 10.2 Å². The van der Waals surface area contributed by atoms with Gasteiger partial charge < -0.3 is 33.6 Å². The number of hydrogen-bond acceptors (Lipinski definition) is 6. The summed E-state index contributed by atoms with van der Waals surface area (Å²) in [7, 11) is 4.87. The Balaban J connectivity index is 1.78. The van der Waals surface area contributed by atoms with Crippen molar-refractivity contribution < 1.29 is 23.4 Å². The van der Waals surface area contributed by atoms with E-state index in [1.807, 2.05) is 24.3 Å². The number of ether oxygens (including phenoxy) is 4. The predicted molar refractivity (Wildman–Crippen MR) is 114 cm³/mol. The molecule has 0 bridgehead atoms. The molecular formula is C21H28N2O5S. The van der Waals surface area contributed by atoms with Crippen LogP contribution in [0.5, 0.6) is 17.2 Å². The van der Waals surface area contributed by atoms with Crippen LogP contribution in [0.4, 0.5) is 0 Å². The van der Waals surface area contributed by atoms with Crippen molar-refractivity contribution >= 4 is 17.3 Å². The van der Waals surface area contributed by atoms with E-state index in [1.54, 1.807) is 27.6 Å². The molecule has 2 aromatic rings. The Bertz CT molecular complexity index is 791. The van der Waals surface area contributed by atoms with Crippen LogP contribution < -0.4 is 19.5 Å². The van der Waals surface area contributed by atoms with Crippen LogP contribution in [-0.2, 0) is 17.8 Å². The van der Waals surface area contributed by atoms with E-state index in [0.717, 1.165) is 30.8 Å². The molecule has 1 aromatic heterocycles. The van der Waals surface area contributed by atoms with Crippen molar-refractivity contribution in [2.75, 3.05) is 34.5 Å². The number of methoxy groups -OCH3 is 3. The lowest BCUT2D eigenvalue weighted by Gasteiger charge is -2.29. The first-order valence-corrected chi connectivity index (χ1v) is 10.0. The summed E-state index contributed by atoms with van der Waals surface area (Å²) in [6, 6.07) is 7.53. The standard InChI is InChI=1S/C21H28N2O5S/c1-24-18-11-20(26-3)19(25-2)10-15(18)13-23(14-17-7-5-9-28-17)21(29)22-12-16-6-4-8-27-16/h4,6,8,10-11,17H,5,7,9,12-14H2,1-3H3,(H,22,29)/t17-/m0/s1. The summed E-state index contributed by atoms with van der Waals surface area (Å²) in [5, 5.41) is 3.91. The summed E-state index contributed by atoms with van der Waals surface area (Å²) in [4.78, 5) is 2.10. The molecule has 1 aliphatic rings. The minimum atomic E-state index is 0.157.